The van der Waals surface area contributed by atoms with E-state index in [0.717, 1.165) is 6.07 Å². The third-order valence-electron chi connectivity index (χ3n) is 3.66. The molecule has 0 bridgehead atoms. The van der Waals surface area contributed by atoms with E-state index in [4.69, 9.17) is 9.47 Å². The number of benzene rings is 2. The molecule has 0 saturated carbocycles. The largest absolute Gasteiger partial charge is 0.454 e. The predicted octanol–water partition coefficient (Wildman–Crippen LogP) is 3.70. The van der Waals surface area contributed by atoms with E-state index in [9.17, 15) is 22.8 Å². The highest BCUT2D eigenvalue weighted by molar-refractivity contribution is 6.08. The third-order valence-corrected chi connectivity index (χ3v) is 3.66. The summed E-state index contributed by atoms with van der Waals surface area (Å²) in [6.45, 7) is 1.35. The van der Waals surface area contributed by atoms with Crippen molar-refractivity contribution in [3.8, 4) is 11.5 Å². The van der Waals surface area contributed by atoms with Crippen molar-refractivity contribution in [1.82, 2.24) is 5.32 Å². The summed E-state index contributed by atoms with van der Waals surface area (Å²) in [5.41, 5.74) is -0.777. The monoisotopic (exact) mass is 366 g/mol. The molecule has 0 atom stereocenters. The lowest BCUT2D eigenvalue weighted by Gasteiger charge is -2.13. The van der Waals surface area contributed by atoms with Crippen LogP contribution in [0.4, 0.5) is 23.7 Å². The van der Waals surface area contributed by atoms with Crippen LogP contribution in [0, 0.1) is 6.92 Å². The summed E-state index contributed by atoms with van der Waals surface area (Å²) in [6, 6.07) is 6.75. The van der Waals surface area contributed by atoms with Crippen LogP contribution in [0.15, 0.2) is 36.4 Å². The lowest BCUT2D eigenvalue weighted by molar-refractivity contribution is -0.138. The molecule has 0 saturated heterocycles. The van der Waals surface area contributed by atoms with Crippen LogP contribution in [0.3, 0.4) is 0 Å². The Bertz CT molecular complexity index is 881. The van der Waals surface area contributed by atoms with Gasteiger partial charge in [-0.25, -0.2) is 4.79 Å². The van der Waals surface area contributed by atoms with Crippen molar-refractivity contribution in [2.75, 3.05) is 12.1 Å². The van der Waals surface area contributed by atoms with E-state index < -0.39 is 23.7 Å². The Hall–Kier alpha value is -3.23. The highest BCUT2D eigenvalue weighted by Gasteiger charge is 2.32. The molecule has 1 aliphatic heterocycles. The van der Waals surface area contributed by atoms with Crippen LogP contribution in [0.1, 0.15) is 21.5 Å². The van der Waals surface area contributed by atoms with E-state index >= 15 is 0 Å². The van der Waals surface area contributed by atoms with Crippen LogP contribution >= 0.6 is 0 Å². The maximum absolute atomic E-state index is 12.9. The molecule has 3 rings (SSSR count). The molecule has 0 spiro atoms. The summed E-state index contributed by atoms with van der Waals surface area (Å²) < 4.78 is 49.0. The summed E-state index contributed by atoms with van der Waals surface area (Å²) in [5.74, 6) is 0.112. The summed E-state index contributed by atoms with van der Waals surface area (Å²) >= 11 is 0. The van der Waals surface area contributed by atoms with E-state index in [0.29, 0.717) is 11.5 Å². The number of hydrogen-bond donors (Lipinski definition) is 2. The number of imide groups is 1. The van der Waals surface area contributed by atoms with Gasteiger partial charge in [0.25, 0.3) is 5.91 Å². The van der Waals surface area contributed by atoms with Crippen molar-refractivity contribution < 1.29 is 32.2 Å². The first-order chi connectivity index (χ1) is 12.2. The van der Waals surface area contributed by atoms with E-state index in [1.165, 1.54) is 37.3 Å². The number of rotatable bonds is 2. The number of amides is 3. The van der Waals surface area contributed by atoms with E-state index in [1.54, 1.807) is 0 Å². The molecule has 0 aliphatic carbocycles. The first-order valence-electron chi connectivity index (χ1n) is 7.44. The number of nitrogens with one attached hydrogen (secondary N) is 2. The normalized spacial score (nSPS) is 12.6. The first kappa shape index (κ1) is 17.6. The lowest BCUT2D eigenvalue weighted by atomic mass is 10.1. The van der Waals surface area contributed by atoms with Gasteiger partial charge in [0.05, 0.1) is 5.56 Å². The van der Waals surface area contributed by atoms with Crippen LogP contribution < -0.4 is 20.1 Å². The Morgan fingerprint density at radius 1 is 1.04 bits per heavy atom. The van der Waals surface area contributed by atoms with Crippen LogP contribution in [0.2, 0.25) is 0 Å². The second-order valence-electron chi connectivity index (χ2n) is 5.50. The van der Waals surface area contributed by atoms with Crippen LogP contribution in [0.5, 0.6) is 11.5 Å². The molecule has 3 amide bonds. The molecule has 0 aromatic heterocycles. The Balaban J connectivity index is 1.68. The highest BCUT2D eigenvalue weighted by atomic mass is 19.4. The van der Waals surface area contributed by atoms with E-state index in [-0.39, 0.29) is 23.6 Å². The van der Waals surface area contributed by atoms with Gasteiger partial charge in [0.15, 0.2) is 11.5 Å². The maximum Gasteiger partial charge on any atom is 0.416 e. The Kier molecular flexibility index (Phi) is 4.45. The predicted molar refractivity (Wildman–Crippen MR) is 85.2 cm³/mol. The van der Waals surface area contributed by atoms with Crippen LogP contribution in [0.25, 0.3) is 0 Å². The smallest absolute Gasteiger partial charge is 0.416 e. The summed E-state index contributed by atoms with van der Waals surface area (Å²) in [5, 5.41) is 4.25. The Morgan fingerprint density at radius 2 is 1.77 bits per heavy atom. The highest BCUT2D eigenvalue weighted by Crippen LogP contribution is 2.34. The Morgan fingerprint density at radius 3 is 2.50 bits per heavy atom. The van der Waals surface area contributed by atoms with Gasteiger partial charge in [-0.05, 0) is 42.8 Å². The maximum atomic E-state index is 12.9. The van der Waals surface area contributed by atoms with Crippen molar-refractivity contribution in [2.24, 2.45) is 0 Å². The minimum Gasteiger partial charge on any atom is -0.454 e. The fraction of sp³-hybridized carbons (Fsp3) is 0.176. The Labute approximate surface area is 145 Å². The van der Waals surface area contributed by atoms with Crippen molar-refractivity contribution in [3.63, 3.8) is 0 Å². The van der Waals surface area contributed by atoms with Gasteiger partial charge in [-0.3, -0.25) is 10.1 Å². The second kappa shape index (κ2) is 6.58. The average Bonchev–Trinajstić information content (AvgIpc) is 3.03. The molecule has 0 fully saturated rings. The number of alkyl halides is 3. The molecule has 2 aromatic rings. The molecule has 0 radical (unpaired) electrons. The molecular formula is C17H13F3N2O4. The first-order valence-corrected chi connectivity index (χ1v) is 7.44. The molecule has 2 N–H and O–H groups in total. The number of carbonyl (C=O) groups is 2. The topological polar surface area (TPSA) is 76.7 Å². The summed E-state index contributed by atoms with van der Waals surface area (Å²) in [4.78, 5) is 24.0. The summed E-state index contributed by atoms with van der Waals surface area (Å²) in [7, 11) is 0. The number of halogens is 3. The van der Waals surface area contributed by atoms with Gasteiger partial charge in [0, 0.05) is 11.3 Å². The molecular weight excluding hydrogens is 353 g/mol. The molecule has 2 aromatic carbocycles. The quantitative estimate of drug-likeness (QED) is 0.850. The minimum atomic E-state index is -4.54. The zero-order valence-corrected chi connectivity index (χ0v) is 13.4. The fourth-order valence-electron chi connectivity index (χ4n) is 2.38. The number of anilines is 1. The SMILES string of the molecule is Cc1ccc(NC(=O)NC(=O)c2ccc3c(c2)OCO3)cc1C(F)(F)F. The third kappa shape index (κ3) is 3.71. The molecule has 1 aliphatic rings. The molecule has 0 unspecified atom stereocenters. The summed E-state index contributed by atoms with van der Waals surface area (Å²) in [6.07, 6.45) is -4.54. The molecule has 9 heteroatoms. The van der Waals surface area contributed by atoms with Crippen molar-refractivity contribution in [1.29, 1.82) is 0 Å². The van der Waals surface area contributed by atoms with Crippen LogP contribution in [-0.2, 0) is 6.18 Å². The van der Waals surface area contributed by atoms with Gasteiger partial charge < -0.3 is 14.8 Å². The molecule has 1 heterocycles. The average molecular weight is 366 g/mol. The van der Waals surface area contributed by atoms with Gasteiger partial charge in [0.1, 0.15) is 0 Å². The van der Waals surface area contributed by atoms with Crippen LogP contribution in [-0.4, -0.2) is 18.7 Å². The standard InChI is InChI=1S/C17H13F3N2O4/c1-9-2-4-11(7-12(9)17(18,19)20)21-16(24)22-15(23)10-3-5-13-14(6-10)26-8-25-13/h2-7H,8H2,1H3,(H2,21,22,23,24). The fourth-order valence-corrected chi connectivity index (χ4v) is 2.38. The van der Waals surface area contributed by atoms with Crippen molar-refractivity contribution >= 4 is 17.6 Å². The van der Waals surface area contributed by atoms with E-state index in [1.807, 2.05) is 5.32 Å². The van der Waals surface area contributed by atoms with Gasteiger partial charge in [-0.15, -0.1) is 0 Å². The van der Waals surface area contributed by atoms with Gasteiger partial charge in [-0.2, -0.15) is 13.2 Å². The zero-order valence-electron chi connectivity index (χ0n) is 13.4. The van der Waals surface area contributed by atoms with Gasteiger partial charge in [0.2, 0.25) is 6.79 Å². The van der Waals surface area contributed by atoms with Gasteiger partial charge in [-0.1, -0.05) is 6.07 Å². The molecule has 26 heavy (non-hydrogen) atoms. The number of carbonyl (C=O) groups excluding carboxylic acids is 2. The van der Waals surface area contributed by atoms with Crippen molar-refractivity contribution in [2.45, 2.75) is 13.1 Å². The number of fused-ring (bicyclic) bond motifs is 1. The molecule has 6 nitrogen and oxygen atoms in total. The minimum absolute atomic E-state index is 0.0277. The number of hydrogen-bond acceptors (Lipinski definition) is 4. The second-order valence-corrected chi connectivity index (χ2v) is 5.50. The van der Waals surface area contributed by atoms with E-state index in [2.05, 4.69) is 5.32 Å². The molecule has 136 valence electrons. The number of urea groups is 1. The zero-order chi connectivity index (χ0) is 18.9. The van der Waals surface area contributed by atoms with Gasteiger partial charge >= 0.3 is 12.2 Å². The lowest BCUT2D eigenvalue weighted by Crippen LogP contribution is -2.34. The number of ether oxygens (including phenoxy) is 2. The van der Waals surface area contributed by atoms with Crippen molar-refractivity contribution in [3.05, 3.63) is 53.1 Å². The number of aryl methyl sites for hydroxylation is 1.